The molecule has 4 fully saturated rings. The lowest BCUT2D eigenvalue weighted by atomic mass is 9.52. The van der Waals surface area contributed by atoms with E-state index in [9.17, 15) is 18.4 Å². The molecule has 4 aliphatic rings. The highest BCUT2D eigenvalue weighted by atomic mass is 19.3. The number of rotatable bonds is 10. The zero-order valence-electron chi connectivity index (χ0n) is 16.9. The van der Waals surface area contributed by atoms with Gasteiger partial charge < -0.3 is 15.4 Å². The van der Waals surface area contributed by atoms with Crippen molar-refractivity contribution in [2.75, 3.05) is 13.2 Å². The second-order valence-electron chi connectivity index (χ2n) is 9.22. The molecule has 0 heterocycles. The number of unbranched alkanes of at least 4 members (excludes halogenated alkanes) is 3. The van der Waals surface area contributed by atoms with E-state index in [-0.39, 0.29) is 24.6 Å². The molecule has 7 heteroatoms. The largest absolute Gasteiger partial charge is 0.462 e. The van der Waals surface area contributed by atoms with Gasteiger partial charge in [-0.1, -0.05) is 12.8 Å². The van der Waals surface area contributed by atoms with E-state index >= 15 is 0 Å². The number of carbonyl (C=O) groups excluding carboxylic acids is 2. The Balaban J connectivity index is 1.43. The van der Waals surface area contributed by atoms with Gasteiger partial charge >= 0.3 is 17.9 Å². The minimum Gasteiger partial charge on any atom is -0.462 e. The van der Waals surface area contributed by atoms with E-state index in [1.54, 1.807) is 0 Å². The monoisotopic (exact) mass is 400 g/mol. The Morgan fingerprint density at radius 2 is 1.57 bits per heavy atom. The number of nitrogens with zero attached hydrogens (tertiary/aromatic N) is 1. The topological polar surface area (TPSA) is 72.6 Å². The first-order valence-electron chi connectivity index (χ1n) is 10.9. The molecule has 0 saturated heterocycles. The lowest BCUT2D eigenvalue weighted by Crippen LogP contribution is -2.62. The number of amides is 2. The predicted octanol–water partition coefficient (Wildman–Crippen LogP) is 4.48. The van der Waals surface area contributed by atoms with Gasteiger partial charge in [-0.05, 0) is 76.0 Å². The molecule has 0 unspecified atom stereocenters. The van der Waals surface area contributed by atoms with Crippen molar-refractivity contribution >= 4 is 12.0 Å². The highest BCUT2D eigenvalue weighted by Crippen LogP contribution is 2.57. The zero-order chi connectivity index (χ0) is 20.4. The third-order valence-electron chi connectivity index (χ3n) is 7.04. The Bertz CT molecular complexity index is 547. The quantitative estimate of drug-likeness (QED) is 0.434. The molecule has 28 heavy (non-hydrogen) atoms. The fraction of sp³-hybridized carbons (Fsp3) is 0.905. The summed E-state index contributed by atoms with van der Waals surface area (Å²) >= 11 is 0. The van der Waals surface area contributed by atoms with Crippen LogP contribution in [-0.4, -0.2) is 41.5 Å². The average molecular weight is 401 g/mol. The zero-order valence-corrected chi connectivity index (χ0v) is 16.9. The third-order valence-corrected chi connectivity index (χ3v) is 7.04. The number of hydrogen-bond acceptors (Lipinski definition) is 3. The summed E-state index contributed by atoms with van der Waals surface area (Å²) in [4.78, 5) is 25.3. The Labute approximate surface area is 166 Å². The van der Waals surface area contributed by atoms with Gasteiger partial charge in [0.15, 0.2) is 0 Å². The summed E-state index contributed by atoms with van der Waals surface area (Å²) in [6.07, 6.45) is 9.03. The molecule has 4 aliphatic carbocycles. The average Bonchev–Trinajstić information content (AvgIpc) is 2.59. The van der Waals surface area contributed by atoms with Crippen LogP contribution < -0.4 is 5.73 Å². The molecule has 160 valence electrons. The first-order chi connectivity index (χ1) is 13.3. The number of halogens is 2. The van der Waals surface area contributed by atoms with Crippen molar-refractivity contribution in [2.45, 2.75) is 89.0 Å². The summed E-state index contributed by atoms with van der Waals surface area (Å²) in [5.74, 6) is -2.64. The standard InChI is InChI=1S/C21H34F2N2O3/c1-2-28-18(26)21(22,23)7-5-3-4-6-8-25(19(24)27)20-12-15-9-16(13-20)11-17(10-15)14-20/h15-17H,2-14H2,1H3,(H2,24,27). The van der Waals surface area contributed by atoms with Crippen LogP contribution in [0.15, 0.2) is 0 Å². The highest BCUT2D eigenvalue weighted by molar-refractivity contribution is 5.77. The minimum atomic E-state index is -3.41. The lowest BCUT2D eigenvalue weighted by Gasteiger charge is -2.60. The smallest absolute Gasteiger partial charge is 0.376 e. The van der Waals surface area contributed by atoms with Gasteiger partial charge in [0.1, 0.15) is 0 Å². The van der Waals surface area contributed by atoms with Gasteiger partial charge in [0.2, 0.25) is 0 Å². The van der Waals surface area contributed by atoms with Gasteiger partial charge in [0.05, 0.1) is 6.61 Å². The van der Waals surface area contributed by atoms with Crippen LogP contribution in [0.1, 0.15) is 77.6 Å². The normalized spacial score (nSPS) is 31.0. The van der Waals surface area contributed by atoms with Crippen LogP contribution in [-0.2, 0) is 9.53 Å². The van der Waals surface area contributed by atoms with E-state index < -0.39 is 18.3 Å². The van der Waals surface area contributed by atoms with E-state index in [0.717, 1.165) is 49.9 Å². The Morgan fingerprint density at radius 1 is 1.04 bits per heavy atom. The number of ether oxygens (including phenoxy) is 1. The third kappa shape index (κ3) is 4.60. The maximum Gasteiger partial charge on any atom is 0.376 e. The van der Waals surface area contributed by atoms with Crippen LogP contribution in [0.4, 0.5) is 13.6 Å². The maximum atomic E-state index is 13.6. The molecule has 0 spiro atoms. The number of alkyl halides is 2. The van der Waals surface area contributed by atoms with Crippen molar-refractivity contribution in [3.05, 3.63) is 0 Å². The highest BCUT2D eigenvalue weighted by Gasteiger charge is 2.54. The molecule has 0 atom stereocenters. The number of nitrogens with two attached hydrogens (primary N) is 1. The van der Waals surface area contributed by atoms with Crippen molar-refractivity contribution in [2.24, 2.45) is 23.5 Å². The molecule has 0 aromatic rings. The summed E-state index contributed by atoms with van der Waals surface area (Å²) in [7, 11) is 0. The predicted molar refractivity (Wildman–Crippen MR) is 102 cm³/mol. The molecule has 0 aromatic carbocycles. The summed E-state index contributed by atoms with van der Waals surface area (Å²) in [5, 5.41) is 0. The second kappa shape index (κ2) is 8.54. The first kappa shape index (κ1) is 21.3. The number of primary amides is 1. The van der Waals surface area contributed by atoms with Gasteiger partial charge in [-0.3, -0.25) is 0 Å². The van der Waals surface area contributed by atoms with Crippen LogP contribution in [0.2, 0.25) is 0 Å². The van der Waals surface area contributed by atoms with E-state index in [1.165, 1.54) is 26.2 Å². The molecule has 4 rings (SSSR count). The SMILES string of the molecule is CCOC(=O)C(F)(F)CCCCCCN(C(N)=O)C12CC3CC(CC(C3)C1)C2. The Kier molecular flexibility index (Phi) is 6.50. The summed E-state index contributed by atoms with van der Waals surface area (Å²) in [5.41, 5.74) is 5.70. The molecule has 4 bridgehead atoms. The van der Waals surface area contributed by atoms with Crippen LogP contribution in [0.3, 0.4) is 0 Å². The maximum absolute atomic E-state index is 13.6. The molecule has 0 aliphatic heterocycles. The second-order valence-corrected chi connectivity index (χ2v) is 9.22. The van der Waals surface area contributed by atoms with E-state index in [2.05, 4.69) is 4.74 Å². The molecule has 4 saturated carbocycles. The molecule has 0 aromatic heterocycles. The summed E-state index contributed by atoms with van der Waals surface area (Å²) < 4.78 is 31.7. The fourth-order valence-corrected chi connectivity index (χ4v) is 6.29. The number of carbonyl (C=O) groups is 2. The van der Waals surface area contributed by atoms with Crippen molar-refractivity contribution in [3.8, 4) is 0 Å². The van der Waals surface area contributed by atoms with Crippen molar-refractivity contribution < 1.29 is 23.1 Å². The summed E-state index contributed by atoms with van der Waals surface area (Å²) in [6.45, 7) is 2.08. The van der Waals surface area contributed by atoms with E-state index in [1.807, 2.05) is 4.90 Å². The lowest BCUT2D eigenvalue weighted by molar-refractivity contribution is -0.172. The van der Waals surface area contributed by atoms with Crippen molar-refractivity contribution in [1.82, 2.24) is 4.90 Å². The Morgan fingerprint density at radius 3 is 2.07 bits per heavy atom. The number of hydrogen-bond donors (Lipinski definition) is 1. The molecular weight excluding hydrogens is 366 g/mol. The van der Waals surface area contributed by atoms with Crippen molar-refractivity contribution in [1.29, 1.82) is 0 Å². The number of urea groups is 1. The number of esters is 1. The summed E-state index contributed by atoms with van der Waals surface area (Å²) in [6, 6.07) is -0.337. The fourth-order valence-electron chi connectivity index (χ4n) is 6.29. The molecule has 0 radical (unpaired) electrons. The van der Waals surface area contributed by atoms with Crippen molar-refractivity contribution in [3.63, 3.8) is 0 Å². The first-order valence-corrected chi connectivity index (χ1v) is 10.9. The minimum absolute atomic E-state index is 0.0400. The van der Waals surface area contributed by atoms with Gasteiger partial charge in [-0.15, -0.1) is 0 Å². The van der Waals surface area contributed by atoms with Gasteiger partial charge in [-0.25, -0.2) is 9.59 Å². The van der Waals surface area contributed by atoms with Gasteiger partial charge in [-0.2, -0.15) is 8.78 Å². The van der Waals surface area contributed by atoms with Gasteiger partial charge in [0.25, 0.3) is 0 Å². The van der Waals surface area contributed by atoms with E-state index in [4.69, 9.17) is 5.73 Å². The van der Waals surface area contributed by atoms with Crippen LogP contribution in [0, 0.1) is 17.8 Å². The molecular formula is C21H34F2N2O3. The molecule has 5 nitrogen and oxygen atoms in total. The molecule has 2 N–H and O–H groups in total. The van der Waals surface area contributed by atoms with Crippen LogP contribution >= 0.6 is 0 Å². The Hall–Kier alpha value is -1.40. The van der Waals surface area contributed by atoms with Crippen LogP contribution in [0.5, 0.6) is 0 Å². The van der Waals surface area contributed by atoms with Gasteiger partial charge in [0, 0.05) is 18.5 Å². The van der Waals surface area contributed by atoms with Crippen LogP contribution in [0.25, 0.3) is 0 Å². The van der Waals surface area contributed by atoms with E-state index in [0.29, 0.717) is 13.0 Å². The molecule has 2 amide bonds.